The number of aryl methyl sites for hydroxylation is 1. The standard InChI is InChI=1S/C60H67N13O4S/c1-2-25-61-27-28-62-57(74)22-5-3-4-16-48-23-24-49(78-48)33-64-60(77)54-17-6-7-26-63-58(75)40-29-46-38-72-34-42-12-8-18-50(65-42)52-20-10-14-44(67-52)36-73(37-45-15-11-21-53(68-45)51-19-9-13-43(35-72)66-51)39-47-30-41(59(76)71-54)32-56(70-47)55(31-40)69-46/h8-15,18-21,23-24,29-32,54,61H,2-7,16-17,22,25-28,33-39H2,1H3,(H,62,74)(H,63,75)(H,64,77)(H,71,76). The normalized spacial score (nSPS) is 17.3. The Balaban J connectivity index is 0.939. The van der Waals surface area contributed by atoms with Crippen LogP contribution in [0.4, 0.5) is 0 Å². The van der Waals surface area contributed by atoms with E-state index in [2.05, 4.69) is 49.4 Å². The summed E-state index contributed by atoms with van der Waals surface area (Å²) in [6.45, 7) is 7.44. The molecule has 0 saturated carbocycles. The van der Waals surface area contributed by atoms with Crippen molar-refractivity contribution in [3.05, 3.63) is 164 Å². The van der Waals surface area contributed by atoms with E-state index in [1.54, 1.807) is 29.5 Å². The van der Waals surface area contributed by atoms with Gasteiger partial charge in [-0.3, -0.25) is 29.0 Å². The summed E-state index contributed by atoms with van der Waals surface area (Å²) in [5.41, 5.74) is 9.02. The maximum Gasteiger partial charge on any atom is 0.252 e. The summed E-state index contributed by atoms with van der Waals surface area (Å²) in [6, 6.07) is 34.3. The highest BCUT2D eigenvalue weighted by Crippen LogP contribution is 2.27. The third-order valence-corrected chi connectivity index (χ3v) is 15.1. The number of nitrogens with zero attached hydrogens (tertiary/aromatic N) is 8. The number of amides is 4. The maximum atomic E-state index is 14.8. The summed E-state index contributed by atoms with van der Waals surface area (Å²) in [4.78, 5) is 93.1. The zero-order valence-electron chi connectivity index (χ0n) is 44.2. The number of aromatic nitrogens is 6. The lowest BCUT2D eigenvalue weighted by atomic mass is 10.1. The molecule has 0 saturated heterocycles. The molecule has 4 aliphatic heterocycles. The van der Waals surface area contributed by atoms with Crippen molar-refractivity contribution in [1.82, 2.24) is 66.3 Å². The number of hydrogen-bond donors (Lipinski definition) is 5. The van der Waals surface area contributed by atoms with Crippen LogP contribution in [0, 0.1) is 0 Å². The van der Waals surface area contributed by atoms with Crippen LogP contribution in [0.15, 0.2) is 109 Å². The van der Waals surface area contributed by atoms with Gasteiger partial charge in [0.25, 0.3) is 11.8 Å². The summed E-state index contributed by atoms with van der Waals surface area (Å²) >= 11 is 1.66. The van der Waals surface area contributed by atoms with E-state index in [4.69, 9.17) is 29.9 Å². The van der Waals surface area contributed by atoms with Gasteiger partial charge in [0.1, 0.15) is 6.04 Å². The van der Waals surface area contributed by atoms with E-state index >= 15 is 0 Å². The Morgan fingerprint density at radius 1 is 0.564 bits per heavy atom. The molecule has 16 bridgehead atoms. The first-order valence-electron chi connectivity index (χ1n) is 27.4. The molecule has 78 heavy (non-hydrogen) atoms. The van der Waals surface area contributed by atoms with E-state index in [-0.39, 0.29) is 24.3 Å². The minimum atomic E-state index is -0.854. The van der Waals surface area contributed by atoms with Crippen LogP contribution < -0.4 is 26.6 Å². The van der Waals surface area contributed by atoms with Crippen molar-refractivity contribution in [2.45, 2.75) is 117 Å². The first kappa shape index (κ1) is 53.7. The van der Waals surface area contributed by atoms with Crippen LogP contribution in [0.5, 0.6) is 0 Å². The molecule has 18 heteroatoms. The van der Waals surface area contributed by atoms with Crippen molar-refractivity contribution >= 4 is 35.0 Å². The lowest BCUT2D eigenvalue weighted by molar-refractivity contribution is -0.123. The molecule has 7 aromatic rings. The van der Waals surface area contributed by atoms with E-state index in [0.717, 1.165) is 95.6 Å². The molecule has 4 aliphatic rings. The lowest BCUT2D eigenvalue weighted by Crippen LogP contribution is -2.46. The van der Waals surface area contributed by atoms with Crippen LogP contribution >= 0.6 is 11.3 Å². The Kier molecular flexibility index (Phi) is 18.0. The van der Waals surface area contributed by atoms with Crippen LogP contribution in [-0.2, 0) is 61.8 Å². The van der Waals surface area contributed by atoms with Gasteiger partial charge in [-0.05, 0) is 136 Å². The number of nitrogens with one attached hydrogen (secondary N) is 5. The zero-order valence-corrected chi connectivity index (χ0v) is 45.0. The molecule has 11 rings (SSSR count). The van der Waals surface area contributed by atoms with Crippen molar-refractivity contribution in [3.8, 4) is 34.2 Å². The molecule has 1 unspecified atom stereocenters. The van der Waals surface area contributed by atoms with Crippen LogP contribution in [0.1, 0.15) is 123 Å². The number of carbonyl (C=O) groups is 4. The van der Waals surface area contributed by atoms with Gasteiger partial charge in [-0.25, -0.2) is 29.9 Å². The predicted molar refractivity (Wildman–Crippen MR) is 300 cm³/mol. The van der Waals surface area contributed by atoms with Gasteiger partial charge in [0.05, 0.1) is 74.9 Å². The summed E-state index contributed by atoms with van der Waals surface area (Å²) in [5, 5.41) is 15.6. The quantitative estimate of drug-likeness (QED) is 0.0662. The van der Waals surface area contributed by atoms with Gasteiger partial charge in [-0.1, -0.05) is 37.6 Å². The maximum absolute atomic E-state index is 14.8. The van der Waals surface area contributed by atoms with Gasteiger partial charge in [-0.15, -0.1) is 11.3 Å². The van der Waals surface area contributed by atoms with Gasteiger partial charge in [0.15, 0.2) is 0 Å². The van der Waals surface area contributed by atoms with Gasteiger partial charge < -0.3 is 26.6 Å². The number of fused-ring (bicyclic) bond motifs is 2. The molecule has 11 heterocycles. The van der Waals surface area contributed by atoms with Crippen LogP contribution in [0.25, 0.3) is 34.2 Å². The Morgan fingerprint density at radius 3 is 1.65 bits per heavy atom. The molecular formula is C60H67N13O4S. The van der Waals surface area contributed by atoms with E-state index in [1.165, 1.54) is 4.88 Å². The predicted octanol–water partition coefficient (Wildman–Crippen LogP) is 7.70. The highest BCUT2D eigenvalue weighted by Gasteiger charge is 2.25. The fraction of sp³-hybridized carbons (Fsp3) is 0.367. The second-order valence-corrected chi connectivity index (χ2v) is 21.6. The smallest absolute Gasteiger partial charge is 0.252 e. The summed E-state index contributed by atoms with van der Waals surface area (Å²) in [6.07, 6.45) is 6.78. The minimum Gasteiger partial charge on any atom is -0.355 e. The van der Waals surface area contributed by atoms with E-state index in [0.29, 0.717) is 112 Å². The number of unbranched alkanes of at least 4 members (excludes halogenated alkanes) is 2. The molecule has 0 fully saturated rings. The SMILES string of the molecule is CCCNCCNC(=O)CCCCCc1ccc(CNC(=O)C2CCCCNC(=O)c3cc4nc(c3)-c3cc(cc(n3)CN3Cc5cccc(n5)-c5cccc(n5)CN(Cc5cccc(n5)-c5cccc(n5)C3)C4)C(=O)N2)s1. The molecular weight excluding hydrogens is 999 g/mol. The lowest BCUT2D eigenvalue weighted by Gasteiger charge is -2.24. The average molecular weight is 1070 g/mol. The largest absolute Gasteiger partial charge is 0.355 e. The summed E-state index contributed by atoms with van der Waals surface area (Å²) < 4.78 is 0. The van der Waals surface area contributed by atoms with Gasteiger partial charge in [0, 0.05) is 86.2 Å². The fourth-order valence-corrected chi connectivity index (χ4v) is 11.1. The molecule has 17 nitrogen and oxygen atoms in total. The first-order chi connectivity index (χ1) is 38.2. The van der Waals surface area contributed by atoms with Gasteiger partial charge in [-0.2, -0.15) is 0 Å². The Bertz CT molecular complexity index is 3160. The zero-order chi connectivity index (χ0) is 53.6. The molecule has 7 aromatic heterocycles. The van der Waals surface area contributed by atoms with E-state index in [1.807, 2.05) is 84.9 Å². The Labute approximate surface area is 459 Å². The first-order valence-corrected chi connectivity index (χ1v) is 28.2. The molecule has 0 aromatic carbocycles. The van der Waals surface area contributed by atoms with Crippen molar-refractivity contribution in [1.29, 1.82) is 0 Å². The molecule has 4 amide bonds. The van der Waals surface area contributed by atoms with E-state index < -0.39 is 11.9 Å². The van der Waals surface area contributed by atoms with Gasteiger partial charge in [0.2, 0.25) is 11.8 Å². The molecule has 402 valence electrons. The molecule has 0 aliphatic carbocycles. The number of rotatable bonds is 14. The van der Waals surface area contributed by atoms with Crippen molar-refractivity contribution in [3.63, 3.8) is 0 Å². The summed E-state index contributed by atoms with van der Waals surface area (Å²) in [7, 11) is 0. The van der Waals surface area contributed by atoms with Crippen molar-refractivity contribution in [2.24, 2.45) is 0 Å². The molecule has 0 spiro atoms. The number of carbonyl (C=O) groups excluding carboxylic acids is 4. The average Bonchev–Trinajstić information content (AvgIpc) is 3.96. The third kappa shape index (κ3) is 14.7. The van der Waals surface area contributed by atoms with Crippen LogP contribution in [-0.4, -0.2) is 95.6 Å². The van der Waals surface area contributed by atoms with Crippen molar-refractivity contribution < 1.29 is 19.2 Å². The van der Waals surface area contributed by atoms with E-state index in [9.17, 15) is 19.2 Å². The van der Waals surface area contributed by atoms with Crippen molar-refractivity contribution in [2.75, 3.05) is 26.2 Å². The van der Waals surface area contributed by atoms with Crippen LogP contribution in [0.3, 0.4) is 0 Å². The third-order valence-electron chi connectivity index (χ3n) is 14.0. The Hall–Kier alpha value is -7.64. The molecule has 5 N–H and O–H groups in total. The second-order valence-electron chi connectivity index (χ2n) is 20.3. The van der Waals surface area contributed by atoms with Gasteiger partial charge >= 0.3 is 0 Å². The summed E-state index contributed by atoms with van der Waals surface area (Å²) in [5.74, 6) is -0.875. The fourth-order valence-electron chi connectivity index (χ4n) is 10.1. The minimum absolute atomic E-state index is 0.0948. The highest BCUT2D eigenvalue weighted by molar-refractivity contribution is 7.12. The number of hydrogen-bond acceptors (Lipinski definition) is 14. The van der Waals surface area contributed by atoms with Crippen LogP contribution in [0.2, 0.25) is 0 Å². The number of pyridine rings is 6. The molecule has 0 radical (unpaired) electrons. The monoisotopic (exact) mass is 1070 g/mol. The highest BCUT2D eigenvalue weighted by atomic mass is 32.1. The molecule has 1 atom stereocenters. The number of thiophene rings is 1. The topological polar surface area (TPSA) is 212 Å². The Morgan fingerprint density at radius 2 is 1.09 bits per heavy atom. The second kappa shape index (κ2) is 26.1.